The van der Waals surface area contributed by atoms with Gasteiger partial charge in [-0.2, -0.15) is 0 Å². The fraction of sp³-hybridized carbons (Fsp3) is 0.682. The Balaban J connectivity index is 1.48. The third-order valence-corrected chi connectivity index (χ3v) is 5.78. The maximum absolute atomic E-state index is 4.96. The highest BCUT2D eigenvalue weighted by Crippen LogP contribution is 2.20. The van der Waals surface area contributed by atoms with Gasteiger partial charge in [0.2, 0.25) is 0 Å². The van der Waals surface area contributed by atoms with E-state index in [1.54, 1.807) is 0 Å². The van der Waals surface area contributed by atoms with E-state index in [2.05, 4.69) is 64.3 Å². The SMILES string of the molecule is CCNC(=NCCN1CCCN(C)CC1)N1CCC(Cc2ccccc2)C1. The van der Waals surface area contributed by atoms with Crippen LogP contribution in [0.25, 0.3) is 0 Å². The monoisotopic (exact) mass is 371 g/mol. The van der Waals surface area contributed by atoms with E-state index < -0.39 is 0 Å². The molecule has 0 aliphatic carbocycles. The highest BCUT2D eigenvalue weighted by molar-refractivity contribution is 5.80. The van der Waals surface area contributed by atoms with Crippen molar-refractivity contribution in [1.82, 2.24) is 20.0 Å². The lowest BCUT2D eigenvalue weighted by molar-refractivity contribution is 0.282. The van der Waals surface area contributed by atoms with Crippen molar-refractivity contribution in [1.29, 1.82) is 0 Å². The van der Waals surface area contributed by atoms with E-state index in [9.17, 15) is 0 Å². The van der Waals surface area contributed by atoms with Gasteiger partial charge in [0.15, 0.2) is 5.96 Å². The summed E-state index contributed by atoms with van der Waals surface area (Å²) in [7, 11) is 2.23. The number of likely N-dealkylation sites (N-methyl/N-ethyl adjacent to an activating group) is 1. The molecule has 0 spiro atoms. The summed E-state index contributed by atoms with van der Waals surface area (Å²) in [5.41, 5.74) is 1.46. The lowest BCUT2D eigenvalue weighted by Crippen LogP contribution is -2.41. The van der Waals surface area contributed by atoms with Crippen LogP contribution in [0.4, 0.5) is 0 Å². The minimum atomic E-state index is 0.734. The van der Waals surface area contributed by atoms with Gasteiger partial charge in [0.25, 0.3) is 0 Å². The zero-order valence-corrected chi connectivity index (χ0v) is 17.2. The average molecular weight is 372 g/mol. The summed E-state index contributed by atoms with van der Waals surface area (Å²) in [5, 5.41) is 3.52. The Morgan fingerprint density at radius 3 is 2.78 bits per heavy atom. The molecule has 2 aliphatic rings. The van der Waals surface area contributed by atoms with Crippen molar-refractivity contribution in [2.24, 2.45) is 10.9 Å². The number of rotatable bonds is 6. The van der Waals surface area contributed by atoms with Gasteiger partial charge in [-0.05, 0) is 57.8 Å². The second-order valence-corrected chi connectivity index (χ2v) is 8.02. The minimum Gasteiger partial charge on any atom is -0.357 e. The number of nitrogens with zero attached hydrogens (tertiary/aromatic N) is 4. The Kier molecular flexibility index (Phi) is 7.96. The molecule has 0 aromatic heterocycles. The third-order valence-electron chi connectivity index (χ3n) is 5.78. The first-order valence-electron chi connectivity index (χ1n) is 10.7. The Hall–Kier alpha value is -1.59. The van der Waals surface area contributed by atoms with E-state index in [-0.39, 0.29) is 0 Å². The van der Waals surface area contributed by atoms with Crippen molar-refractivity contribution in [3.05, 3.63) is 35.9 Å². The van der Waals surface area contributed by atoms with Crippen LogP contribution < -0.4 is 5.32 Å². The second-order valence-electron chi connectivity index (χ2n) is 8.02. The lowest BCUT2D eigenvalue weighted by atomic mass is 9.99. The topological polar surface area (TPSA) is 34.1 Å². The second kappa shape index (κ2) is 10.7. The van der Waals surface area contributed by atoms with Gasteiger partial charge in [-0.3, -0.25) is 4.99 Å². The number of hydrogen-bond acceptors (Lipinski definition) is 3. The summed E-state index contributed by atoms with van der Waals surface area (Å²) >= 11 is 0. The van der Waals surface area contributed by atoms with Gasteiger partial charge in [0.05, 0.1) is 6.54 Å². The molecule has 1 aromatic rings. The number of likely N-dealkylation sites (tertiary alicyclic amines) is 1. The molecule has 2 aliphatic heterocycles. The minimum absolute atomic E-state index is 0.734. The van der Waals surface area contributed by atoms with Crippen molar-refractivity contribution in [3.63, 3.8) is 0 Å². The maximum Gasteiger partial charge on any atom is 0.193 e. The predicted octanol–water partition coefficient (Wildman–Crippen LogP) is 2.15. The molecule has 150 valence electrons. The molecule has 0 bridgehead atoms. The number of guanidine groups is 1. The van der Waals surface area contributed by atoms with Crippen LogP contribution in [0, 0.1) is 5.92 Å². The standard InChI is InChI=1S/C22H37N5/c1-3-23-22(24-11-15-26-13-7-12-25(2)16-17-26)27-14-10-21(19-27)18-20-8-5-4-6-9-20/h4-6,8-9,21H,3,7,10-19H2,1-2H3,(H,23,24). The fourth-order valence-electron chi connectivity index (χ4n) is 4.19. The Morgan fingerprint density at radius 2 is 1.96 bits per heavy atom. The summed E-state index contributed by atoms with van der Waals surface area (Å²) in [4.78, 5) is 12.4. The fourth-order valence-corrected chi connectivity index (χ4v) is 4.19. The van der Waals surface area contributed by atoms with Crippen molar-refractivity contribution < 1.29 is 0 Å². The number of benzene rings is 1. The van der Waals surface area contributed by atoms with Crippen LogP contribution in [-0.4, -0.2) is 86.6 Å². The predicted molar refractivity (Wildman–Crippen MR) is 114 cm³/mol. The van der Waals surface area contributed by atoms with Gasteiger partial charge in [-0.25, -0.2) is 0 Å². The van der Waals surface area contributed by atoms with E-state index in [1.807, 2.05) is 0 Å². The summed E-state index contributed by atoms with van der Waals surface area (Å²) < 4.78 is 0. The third kappa shape index (κ3) is 6.51. The Labute approximate surface area is 165 Å². The average Bonchev–Trinajstić information content (AvgIpc) is 3.04. The van der Waals surface area contributed by atoms with Crippen LogP contribution in [0.5, 0.6) is 0 Å². The zero-order chi connectivity index (χ0) is 18.9. The first-order valence-corrected chi connectivity index (χ1v) is 10.7. The van der Waals surface area contributed by atoms with Crippen LogP contribution in [0.3, 0.4) is 0 Å². The maximum atomic E-state index is 4.96. The normalized spacial score (nSPS) is 22.8. The van der Waals surface area contributed by atoms with Crippen molar-refractivity contribution in [2.75, 3.05) is 66.0 Å². The van der Waals surface area contributed by atoms with Crippen LogP contribution >= 0.6 is 0 Å². The summed E-state index contributed by atoms with van der Waals surface area (Å²) in [6, 6.07) is 10.9. The number of hydrogen-bond donors (Lipinski definition) is 1. The van der Waals surface area contributed by atoms with Gasteiger partial charge < -0.3 is 20.0 Å². The zero-order valence-electron chi connectivity index (χ0n) is 17.2. The van der Waals surface area contributed by atoms with Crippen LogP contribution in [0.2, 0.25) is 0 Å². The molecule has 0 saturated carbocycles. The van der Waals surface area contributed by atoms with Crippen molar-refractivity contribution in [3.8, 4) is 0 Å². The molecule has 2 heterocycles. The molecular weight excluding hydrogens is 334 g/mol. The van der Waals surface area contributed by atoms with E-state index >= 15 is 0 Å². The molecular formula is C22H37N5. The van der Waals surface area contributed by atoms with Gasteiger partial charge in [-0.15, -0.1) is 0 Å². The van der Waals surface area contributed by atoms with Crippen LogP contribution in [0.15, 0.2) is 35.3 Å². The smallest absolute Gasteiger partial charge is 0.193 e. The Morgan fingerprint density at radius 1 is 1.11 bits per heavy atom. The molecule has 27 heavy (non-hydrogen) atoms. The summed E-state index contributed by atoms with van der Waals surface area (Å²) in [6.07, 6.45) is 3.71. The molecule has 0 radical (unpaired) electrons. The largest absolute Gasteiger partial charge is 0.357 e. The molecule has 1 N–H and O–H groups in total. The molecule has 0 amide bonds. The van der Waals surface area contributed by atoms with E-state index in [0.29, 0.717) is 0 Å². The number of nitrogens with one attached hydrogen (secondary N) is 1. The van der Waals surface area contributed by atoms with E-state index in [1.165, 1.54) is 51.0 Å². The van der Waals surface area contributed by atoms with Crippen LogP contribution in [0.1, 0.15) is 25.3 Å². The molecule has 5 heteroatoms. The van der Waals surface area contributed by atoms with Crippen LogP contribution in [-0.2, 0) is 6.42 Å². The molecule has 1 aromatic carbocycles. The highest BCUT2D eigenvalue weighted by Gasteiger charge is 2.25. The quantitative estimate of drug-likeness (QED) is 0.614. The molecule has 3 rings (SSSR count). The molecule has 1 atom stereocenters. The first-order chi connectivity index (χ1) is 13.2. The summed E-state index contributed by atoms with van der Waals surface area (Å²) in [5.74, 6) is 1.84. The van der Waals surface area contributed by atoms with Crippen molar-refractivity contribution >= 4 is 5.96 Å². The van der Waals surface area contributed by atoms with Gasteiger partial charge in [0.1, 0.15) is 0 Å². The van der Waals surface area contributed by atoms with Crippen molar-refractivity contribution in [2.45, 2.75) is 26.2 Å². The van der Waals surface area contributed by atoms with Gasteiger partial charge in [-0.1, -0.05) is 30.3 Å². The molecule has 5 nitrogen and oxygen atoms in total. The van der Waals surface area contributed by atoms with E-state index in [4.69, 9.17) is 4.99 Å². The summed E-state index contributed by atoms with van der Waals surface area (Å²) in [6.45, 7) is 12.1. The lowest BCUT2D eigenvalue weighted by Gasteiger charge is -2.23. The van der Waals surface area contributed by atoms with Gasteiger partial charge in [0, 0.05) is 39.3 Å². The molecule has 2 fully saturated rings. The molecule has 2 saturated heterocycles. The number of aliphatic imine (C=N–C) groups is 1. The first kappa shape index (κ1) is 20.2. The van der Waals surface area contributed by atoms with Gasteiger partial charge >= 0.3 is 0 Å². The highest BCUT2D eigenvalue weighted by atomic mass is 15.3. The molecule has 1 unspecified atom stereocenters. The Bertz CT molecular complexity index is 573. The van der Waals surface area contributed by atoms with E-state index in [0.717, 1.165) is 44.6 Å².